The SMILES string of the molecule is COC(=O)c1c(C)[nH]c(C(=O)[C@@H](C)n2cc([N+](=O)[O-])ccc2=O)c1C. The third-order valence-electron chi connectivity index (χ3n) is 4.00. The second-order valence-corrected chi connectivity index (χ2v) is 5.55. The van der Waals surface area contributed by atoms with E-state index < -0.39 is 28.3 Å². The number of H-pyrrole nitrogens is 1. The zero-order valence-corrected chi connectivity index (χ0v) is 14.2. The lowest BCUT2D eigenvalue weighted by atomic mass is 10.0. The van der Waals surface area contributed by atoms with Crippen LogP contribution in [0.15, 0.2) is 23.1 Å². The van der Waals surface area contributed by atoms with Gasteiger partial charge in [-0.15, -0.1) is 0 Å². The van der Waals surface area contributed by atoms with E-state index in [4.69, 9.17) is 4.74 Å². The van der Waals surface area contributed by atoms with E-state index in [1.54, 1.807) is 13.8 Å². The number of aromatic amines is 1. The molecule has 2 aromatic rings. The number of methoxy groups -OCH3 is 1. The van der Waals surface area contributed by atoms with E-state index in [0.29, 0.717) is 11.3 Å². The topological polar surface area (TPSA) is 124 Å². The minimum absolute atomic E-state index is 0.156. The molecule has 0 fully saturated rings. The normalized spacial score (nSPS) is 11.8. The van der Waals surface area contributed by atoms with Gasteiger partial charge in [0, 0.05) is 17.8 Å². The Kier molecular flexibility index (Phi) is 4.87. The standard InChI is InChI=1S/C16H17N3O6/c1-8-13(16(22)25-4)9(2)17-14(8)15(21)10(3)18-7-11(19(23)24)5-6-12(18)20/h5-7,10,17H,1-4H3/t10-/m1/s1. The predicted molar refractivity (Wildman–Crippen MR) is 88.0 cm³/mol. The van der Waals surface area contributed by atoms with Gasteiger partial charge >= 0.3 is 5.97 Å². The van der Waals surface area contributed by atoms with E-state index in [2.05, 4.69) is 4.98 Å². The first kappa shape index (κ1) is 18.1. The summed E-state index contributed by atoms with van der Waals surface area (Å²) in [5, 5.41) is 10.9. The van der Waals surface area contributed by atoms with Crippen LogP contribution in [-0.2, 0) is 4.74 Å². The number of esters is 1. The van der Waals surface area contributed by atoms with Crippen LogP contribution < -0.4 is 5.56 Å². The summed E-state index contributed by atoms with van der Waals surface area (Å²) in [7, 11) is 1.24. The van der Waals surface area contributed by atoms with Gasteiger partial charge in [0.15, 0.2) is 0 Å². The van der Waals surface area contributed by atoms with Crippen LogP contribution in [0.5, 0.6) is 0 Å². The van der Waals surface area contributed by atoms with Crippen molar-refractivity contribution in [3.8, 4) is 0 Å². The number of rotatable bonds is 5. The lowest BCUT2D eigenvalue weighted by molar-refractivity contribution is -0.385. The number of nitrogens with zero attached hydrogens (tertiary/aromatic N) is 2. The van der Waals surface area contributed by atoms with Gasteiger partial charge in [0.2, 0.25) is 5.78 Å². The molecule has 0 aromatic carbocycles. The zero-order chi connectivity index (χ0) is 18.9. The molecule has 132 valence electrons. The fourth-order valence-corrected chi connectivity index (χ4v) is 2.64. The Morgan fingerprint density at radius 1 is 1.32 bits per heavy atom. The number of carbonyl (C=O) groups is 2. The second-order valence-electron chi connectivity index (χ2n) is 5.55. The number of Topliss-reactive ketones (excluding diaryl/α,β-unsaturated/α-hetero) is 1. The van der Waals surface area contributed by atoms with Crippen molar-refractivity contribution in [2.24, 2.45) is 0 Å². The summed E-state index contributed by atoms with van der Waals surface area (Å²) in [4.78, 5) is 49.6. The van der Waals surface area contributed by atoms with Gasteiger partial charge in [-0.1, -0.05) is 0 Å². The maximum Gasteiger partial charge on any atom is 0.339 e. The highest BCUT2D eigenvalue weighted by Gasteiger charge is 2.27. The summed E-state index contributed by atoms with van der Waals surface area (Å²) < 4.78 is 5.69. The molecule has 0 saturated heterocycles. The van der Waals surface area contributed by atoms with Crippen LogP contribution in [0.4, 0.5) is 5.69 Å². The van der Waals surface area contributed by atoms with Crippen molar-refractivity contribution in [1.82, 2.24) is 9.55 Å². The van der Waals surface area contributed by atoms with Crippen LogP contribution in [0.1, 0.15) is 45.1 Å². The molecule has 9 nitrogen and oxygen atoms in total. The molecule has 1 atom stereocenters. The third-order valence-corrected chi connectivity index (χ3v) is 4.00. The molecule has 1 N–H and O–H groups in total. The van der Waals surface area contributed by atoms with Crippen molar-refractivity contribution < 1.29 is 19.2 Å². The lowest BCUT2D eigenvalue weighted by Crippen LogP contribution is -2.28. The molecule has 2 aromatic heterocycles. The van der Waals surface area contributed by atoms with Crippen molar-refractivity contribution in [2.45, 2.75) is 26.8 Å². The number of ketones is 1. The summed E-state index contributed by atoms with van der Waals surface area (Å²) in [6.07, 6.45) is 1.03. The molecule has 0 aliphatic carbocycles. The van der Waals surface area contributed by atoms with Crippen molar-refractivity contribution >= 4 is 17.4 Å². The van der Waals surface area contributed by atoms with E-state index in [-0.39, 0.29) is 16.9 Å². The summed E-state index contributed by atoms with van der Waals surface area (Å²) in [6.45, 7) is 4.67. The monoisotopic (exact) mass is 347 g/mol. The predicted octanol–water partition coefficient (Wildman–Crippen LogP) is 1.93. The van der Waals surface area contributed by atoms with Crippen molar-refractivity contribution in [3.63, 3.8) is 0 Å². The molecule has 2 rings (SSSR count). The zero-order valence-electron chi connectivity index (χ0n) is 14.2. The molecular weight excluding hydrogens is 330 g/mol. The van der Waals surface area contributed by atoms with Crippen LogP contribution in [0.2, 0.25) is 0 Å². The first-order valence-electron chi connectivity index (χ1n) is 7.37. The van der Waals surface area contributed by atoms with E-state index in [0.717, 1.165) is 22.9 Å². The molecule has 0 radical (unpaired) electrons. The largest absolute Gasteiger partial charge is 0.465 e. The first-order chi connectivity index (χ1) is 11.7. The van der Waals surface area contributed by atoms with E-state index in [1.807, 2.05) is 0 Å². The molecule has 25 heavy (non-hydrogen) atoms. The second kappa shape index (κ2) is 6.71. The van der Waals surface area contributed by atoms with Gasteiger partial charge in [0.25, 0.3) is 11.2 Å². The van der Waals surface area contributed by atoms with Gasteiger partial charge in [-0.05, 0) is 26.3 Å². The highest BCUT2D eigenvalue weighted by Crippen LogP contribution is 2.23. The fourth-order valence-electron chi connectivity index (χ4n) is 2.64. The third kappa shape index (κ3) is 3.21. The van der Waals surface area contributed by atoms with E-state index in [9.17, 15) is 24.5 Å². The molecule has 0 spiro atoms. The van der Waals surface area contributed by atoms with Crippen molar-refractivity contribution in [3.05, 3.63) is 61.3 Å². The molecule has 0 unspecified atom stereocenters. The minimum atomic E-state index is -0.991. The number of hydrogen-bond donors (Lipinski definition) is 1. The molecule has 0 amide bonds. The average Bonchev–Trinajstić information content (AvgIpc) is 2.87. The molecule has 0 saturated carbocycles. The number of nitro groups is 1. The Labute approximate surface area is 142 Å². The maximum atomic E-state index is 12.8. The van der Waals surface area contributed by atoms with Gasteiger partial charge in [-0.3, -0.25) is 24.3 Å². The lowest BCUT2D eigenvalue weighted by Gasteiger charge is -2.13. The van der Waals surface area contributed by atoms with Crippen molar-refractivity contribution in [2.75, 3.05) is 7.11 Å². The Hall–Kier alpha value is -3.23. The average molecular weight is 347 g/mol. The number of hydrogen-bond acceptors (Lipinski definition) is 6. The molecule has 0 aliphatic rings. The van der Waals surface area contributed by atoms with Gasteiger partial charge in [-0.25, -0.2) is 4.79 Å². The van der Waals surface area contributed by atoms with Gasteiger partial charge in [-0.2, -0.15) is 0 Å². The van der Waals surface area contributed by atoms with Crippen LogP contribution in [-0.4, -0.2) is 33.3 Å². The highest BCUT2D eigenvalue weighted by atomic mass is 16.6. The molecule has 2 heterocycles. The maximum absolute atomic E-state index is 12.8. The van der Waals surface area contributed by atoms with Gasteiger partial charge < -0.3 is 9.72 Å². The molecular formula is C16H17N3O6. The number of ether oxygens (including phenoxy) is 1. The van der Waals surface area contributed by atoms with Gasteiger partial charge in [0.05, 0.1) is 35.5 Å². The van der Waals surface area contributed by atoms with E-state index >= 15 is 0 Å². The quantitative estimate of drug-likeness (QED) is 0.381. The molecule has 9 heteroatoms. The molecule has 0 aliphatic heterocycles. The van der Waals surface area contributed by atoms with Crippen LogP contribution in [0.3, 0.4) is 0 Å². The Bertz CT molecular complexity index is 924. The Morgan fingerprint density at radius 2 is 1.96 bits per heavy atom. The Morgan fingerprint density at radius 3 is 2.52 bits per heavy atom. The Balaban J connectivity index is 2.49. The van der Waals surface area contributed by atoms with E-state index in [1.165, 1.54) is 14.0 Å². The summed E-state index contributed by atoms with van der Waals surface area (Å²) in [6, 6.07) is 1.12. The highest BCUT2D eigenvalue weighted by molar-refractivity contribution is 6.03. The molecule has 0 bridgehead atoms. The number of pyridine rings is 1. The van der Waals surface area contributed by atoms with Crippen LogP contribution in [0.25, 0.3) is 0 Å². The fraction of sp³-hybridized carbons (Fsp3) is 0.312. The smallest absolute Gasteiger partial charge is 0.339 e. The summed E-state index contributed by atoms with van der Waals surface area (Å²) in [5.41, 5.74) is 0.439. The van der Waals surface area contributed by atoms with Crippen LogP contribution >= 0.6 is 0 Å². The number of aryl methyl sites for hydroxylation is 1. The van der Waals surface area contributed by atoms with Crippen LogP contribution in [0, 0.1) is 24.0 Å². The number of nitrogens with one attached hydrogen (secondary N) is 1. The number of aromatic nitrogens is 2. The summed E-state index contributed by atoms with van der Waals surface area (Å²) in [5.74, 6) is -1.05. The minimum Gasteiger partial charge on any atom is -0.465 e. The number of carbonyl (C=O) groups excluding carboxylic acids is 2. The first-order valence-corrected chi connectivity index (χ1v) is 7.37. The van der Waals surface area contributed by atoms with Gasteiger partial charge in [0.1, 0.15) is 0 Å². The van der Waals surface area contributed by atoms with Crippen molar-refractivity contribution in [1.29, 1.82) is 0 Å². The summed E-state index contributed by atoms with van der Waals surface area (Å²) >= 11 is 0.